The van der Waals surface area contributed by atoms with Crippen molar-refractivity contribution in [1.82, 2.24) is 0 Å². The molecule has 0 heterocycles. The van der Waals surface area contributed by atoms with Crippen molar-refractivity contribution in [2.24, 2.45) is 0 Å². The number of carbonyl (C=O) groups excluding carboxylic acids is 1. The topological polar surface area (TPSA) is 84.5 Å². The van der Waals surface area contributed by atoms with E-state index in [0.717, 1.165) is 5.56 Å². The quantitative estimate of drug-likeness (QED) is 0.512. The average Bonchev–Trinajstić information content (AvgIpc) is 2.73. The largest absolute Gasteiger partial charge is 0.481 e. The van der Waals surface area contributed by atoms with Gasteiger partial charge in [0.1, 0.15) is 5.75 Å². The Morgan fingerprint density at radius 1 is 0.968 bits per heavy atom. The average molecular weight is 459 g/mol. The van der Waals surface area contributed by atoms with E-state index in [1.807, 2.05) is 19.1 Å². The summed E-state index contributed by atoms with van der Waals surface area (Å²) in [5.41, 5.74) is 2.60. The fraction of sp³-hybridized carbons (Fsp3) is 0.174. The van der Waals surface area contributed by atoms with Crippen LogP contribution in [0.2, 0.25) is 5.02 Å². The third-order valence-electron chi connectivity index (χ3n) is 4.65. The summed E-state index contributed by atoms with van der Waals surface area (Å²) in [6.07, 6.45) is -0.724. The molecular formula is C23H23ClN2O4S. The van der Waals surface area contributed by atoms with Gasteiger partial charge < -0.3 is 10.1 Å². The summed E-state index contributed by atoms with van der Waals surface area (Å²) < 4.78 is 33.5. The fourth-order valence-electron chi connectivity index (χ4n) is 2.76. The lowest BCUT2D eigenvalue weighted by Gasteiger charge is -2.15. The highest BCUT2D eigenvalue weighted by molar-refractivity contribution is 7.92. The molecule has 0 fully saturated rings. The van der Waals surface area contributed by atoms with Crippen LogP contribution in [0.5, 0.6) is 5.75 Å². The van der Waals surface area contributed by atoms with Crippen LogP contribution in [-0.4, -0.2) is 20.4 Å². The molecule has 162 valence electrons. The maximum Gasteiger partial charge on any atom is 0.265 e. The van der Waals surface area contributed by atoms with E-state index in [2.05, 4.69) is 10.0 Å². The molecule has 0 aliphatic heterocycles. The maximum absolute atomic E-state index is 12.7. The van der Waals surface area contributed by atoms with Crippen LogP contribution in [0.15, 0.2) is 71.6 Å². The summed E-state index contributed by atoms with van der Waals surface area (Å²) in [6, 6.07) is 18.3. The second-order valence-corrected chi connectivity index (χ2v) is 9.19. The lowest BCUT2D eigenvalue weighted by atomic mass is 10.2. The van der Waals surface area contributed by atoms with Gasteiger partial charge in [-0.05, 0) is 74.9 Å². The van der Waals surface area contributed by atoms with Gasteiger partial charge in [0.2, 0.25) is 0 Å². The summed E-state index contributed by atoms with van der Waals surface area (Å²) >= 11 is 6.06. The maximum atomic E-state index is 12.7. The van der Waals surface area contributed by atoms with E-state index in [1.165, 1.54) is 24.3 Å². The van der Waals surface area contributed by atoms with Crippen molar-refractivity contribution < 1.29 is 17.9 Å². The molecular weight excluding hydrogens is 436 g/mol. The molecule has 0 bridgehead atoms. The number of hydrogen-bond acceptors (Lipinski definition) is 4. The molecule has 1 amide bonds. The number of rotatable bonds is 7. The molecule has 0 saturated carbocycles. The van der Waals surface area contributed by atoms with Gasteiger partial charge in [-0.1, -0.05) is 35.4 Å². The second-order valence-electron chi connectivity index (χ2n) is 7.10. The van der Waals surface area contributed by atoms with Crippen molar-refractivity contribution in [3.63, 3.8) is 0 Å². The molecule has 3 aromatic rings. The van der Waals surface area contributed by atoms with Gasteiger partial charge >= 0.3 is 0 Å². The van der Waals surface area contributed by atoms with Crippen LogP contribution in [0, 0.1) is 13.8 Å². The van der Waals surface area contributed by atoms with E-state index in [9.17, 15) is 13.2 Å². The zero-order valence-corrected chi connectivity index (χ0v) is 18.9. The molecule has 0 aliphatic rings. The van der Waals surface area contributed by atoms with Gasteiger partial charge in [0, 0.05) is 10.7 Å². The van der Waals surface area contributed by atoms with Crippen LogP contribution in [0.25, 0.3) is 0 Å². The number of carbonyl (C=O) groups is 1. The minimum Gasteiger partial charge on any atom is -0.481 e. The Morgan fingerprint density at radius 2 is 1.61 bits per heavy atom. The fourth-order valence-corrected chi connectivity index (χ4v) is 4.05. The first-order chi connectivity index (χ1) is 14.7. The zero-order valence-electron chi connectivity index (χ0n) is 17.3. The van der Waals surface area contributed by atoms with Gasteiger partial charge in [0.15, 0.2) is 6.10 Å². The van der Waals surface area contributed by atoms with Gasteiger partial charge in [-0.25, -0.2) is 8.42 Å². The molecule has 6 nitrogen and oxygen atoms in total. The summed E-state index contributed by atoms with van der Waals surface area (Å²) in [5, 5.41) is 3.19. The number of hydrogen-bond donors (Lipinski definition) is 2. The van der Waals surface area contributed by atoms with E-state index in [-0.39, 0.29) is 10.8 Å². The molecule has 31 heavy (non-hydrogen) atoms. The Kier molecular flexibility index (Phi) is 6.87. The first-order valence-electron chi connectivity index (χ1n) is 9.58. The second kappa shape index (κ2) is 9.41. The molecule has 3 rings (SSSR count). The van der Waals surface area contributed by atoms with E-state index >= 15 is 0 Å². The number of halogens is 1. The van der Waals surface area contributed by atoms with Crippen LogP contribution in [0.4, 0.5) is 11.4 Å². The molecule has 2 N–H and O–H groups in total. The molecule has 1 atom stereocenters. The molecule has 0 radical (unpaired) electrons. The lowest BCUT2D eigenvalue weighted by Crippen LogP contribution is -2.30. The predicted octanol–water partition coefficient (Wildman–Crippen LogP) is 5.16. The minimum atomic E-state index is -3.80. The van der Waals surface area contributed by atoms with E-state index in [4.69, 9.17) is 16.3 Å². The molecule has 0 aliphatic carbocycles. The van der Waals surface area contributed by atoms with Crippen LogP contribution in [-0.2, 0) is 14.8 Å². The van der Waals surface area contributed by atoms with Gasteiger partial charge in [-0.3, -0.25) is 9.52 Å². The number of anilines is 2. The highest BCUT2D eigenvalue weighted by Crippen LogP contribution is 2.26. The number of ether oxygens (including phenoxy) is 1. The van der Waals surface area contributed by atoms with Gasteiger partial charge in [0.25, 0.3) is 15.9 Å². The highest BCUT2D eigenvalue weighted by atomic mass is 35.5. The number of aryl methyl sites for hydroxylation is 1. The minimum absolute atomic E-state index is 0.0637. The number of sulfonamides is 1. The molecule has 0 spiro atoms. The first-order valence-corrected chi connectivity index (χ1v) is 11.4. The predicted molar refractivity (Wildman–Crippen MR) is 123 cm³/mol. The molecule has 0 unspecified atom stereocenters. The summed E-state index contributed by atoms with van der Waals surface area (Å²) in [5.74, 6) is 0.251. The van der Waals surface area contributed by atoms with Crippen molar-refractivity contribution >= 4 is 38.9 Å². The molecule has 3 aromatic carbocycles. The van der Waals surface area contributed by atoms with Crippen molar-refractivity contribution in [2.75, 3.05) is 10.0 Å². The number of benzene rings is 3. The summed E-state index contributed by atoms with van der Waals surface area (Å²) in [7, 11) is -3.80. The molecule has 0 saturated heterocycles. The summed E-state index contributed by atoms with van der Waals surface area (Å²) in [6.45, 7) is 5.35. The Labute approximate surface area is 187 Å². The Morgan fingerprint density at radius 3 is 2.26 bits per heavy atom. The van der Waals surface area contributed by atoms with Gasteiger partial charge in [-0.15, -0.1) is 0 Å². The lowest BCUT2D eigenvalue weighted by molar-refractivity contribution is -0.122. The van der Waals surface area contributed by atoms with Crippen LogP contribution >= 0.6 is 11.6 Å². The van der Waals surface area contributed by atoms with Crippen LogP contribution < -0.4 is 14.8 Å². The van der Waals surface area contributed by atoms with Crippen molar-refractivity contribution in [2.45, 2.75) is 31.8 Å². The monoisotopic (exact) mass is 458 g/mol. The number of amides is 1. The van der Waals surface area contributed by atoms with Crippen molar-refractivity contribution in [3.05, 3.63) is 82.9 Å². The van der Waals surface area contributed by atoms with Crippen LogP contribution in [0.3, 0.4) is 0 Å². The molecule has 8 heteroatoms. The van der Waals surface area contributed by atoms with Crippen molar-refractivity contribution in [3.8, 4) is 5.75 Å². The van der Waals surface area contributed by atoms with Crippen molar-refractivity contribution in [1.29, 1.82) is 0 Å². The smallest absolute Gasteiger partial charge is 0.265 e. The number of nitrogens with one attached hydrogen (secondary N) is 2. The Balaban J connectivity index is 1.65. The van der Waals surface area contributed by atoms with E-state index in [1.54, 1.807) is 44.2 Å². The third-order valence-corrected chi connectivity index (χ3v) is 6.44. The zero-order chi connectivity index (χ0) is 22.6. The van der Waals surface area contributed by atoms with Crippen LogP contribution in [0.1, 0.15) is 18.1 Å². The highest BCUT2D eigenvalue weighted by Gasteiger charge is 2.18. The van der Waals surface area contributed by atoms with Gasteiger partial charge in [-0.2, -0.15) is 0 Å². The van der Waals surface area contributed by atoms with E-state index < -0.39 is 16.1 Å². The van der Waals surface area contributed by atoms with E-state index in [0.29, 0.717) is 27.7 Å². The first kappa shape index (κ1) is 22.7. The summed E-state index contributed by atoms with van der Waals surface area (Å²) in [4.78, 5) is 12.5. The SMILES string of the molecule is Cc1ccc(O[C@@H](C)C(=O)Nc2ccc(S(=O)(=O)Nc3cccc(Cl)c3C)cc2)cc1. The third kappa shape index (κ3) is 5.77. The Hall–Kier alpha value is -3.03. The standard InChI is InChI=1S/C23H23ClN2O4S/c1-15-7-11-19(12-8-15)30-17(3)23(27)25-18-9-13-20(14-10-18)31(28,29)26-22-6-4-5-21(24)16(22)2/h4-14,17,26H,1-3H3,(H,25,27)/t17-/m0/s1. The Bertz CT molecular complexity index is 1180. The van der Waals surface area contributed by atoms with Gasteiger partial charge in [0.05, 0.1) is 10.6 Å². The normalized spacial score (nSPS) is 12.1. The molecule has 0 aromatic heterocycles.